The minimum atomic E-state index is -0.0668. The molecule has 5 heteroatoms. The Balaban J connectivity index is 2.05. The van der Waals surface area contributed by atoms with Crippen LogP contribution in [0.2, 0.25) is 0 Å². The maximum atomic E-state index is 9.63. The summed E-state index contributed by atoms with van der Waals surface area (Å²) < 4.78 is 7.59. The van der Waals surface area contributed by atoms with Gasteiger partial charge in [-0.3, -0.25) is 0 Å². The van der Waals surface area contributed by atoms with E-state index in [1.807, 2.05) is 35.9 Å². The fourth-order valence-corrected chi connectivity index (χ4v) is 3.31. The topological polar surface area (TPSA) is 60.2 Å². The molecule has 2 aromatic rings. The van der Waals surface area contributed by atoms with E-state index in [1.165, 1.54) is 19.3 Å². The third-order valence-electron chi connectivity index (χ3n) is 4.31. The average molecular weight is 301 g/mol. The van der Waals surface area contributed by atoms with Crippen LogP contribution in [0.4, 0.5) is 0 Å². The number of aromatic nitrogens is 3. The number of hydrogen-bond acceptors (Lipinski definition) is 4. The summed E-state index contributed by atoms with van der Waals surface area (Å²) in [4.78, 5) is 0. The van der Waals surface area contributed by atoms with Crippen LogP contribution in [0.3, 0.4) is 0 Å². The lowest BCUT2D eigenvalue weighted by molar-refractivity contribution is 0.273. The van der Waals surface area contributed by atoms with Crippen molar-refractivity contribution in [2.45, 2.75) is 51.6 Å². The van der Waals surface area contributed by atoms with Gasteiger partial charge in [0.15, 0.2) is 0 Å². The first-order valence-corrected chi connectivity index (χ1v) is 8.12. The zero-order valence-corrected chi connectivity index (χ0v) is 13.0. The fourth-order valence-electron chi connectivity index (χ4n) is 3.31. The molecule has 0 radical (unpaired) electrons. The molecule has 1 N–H and O–H groups in total. The van der Waals surface area contributed by atoms with Gasteiger partial charge in [-0.2, -0.15) is 0 Å². The normalized spacial score (nSPS) is 15.9. The van der Waals surface area contributed by atoms with Crippen LogP contribution in [0.1, 0.15) is 56.3 Å². The Kier molecular flexibility index (Phi) is 4.73. The highest BCUT2D eigenvalue weighted by molar-refractivity contribution is 5.47. The molecule has 22 heavy (non-hydrogen) atoms. The van der Waals surface area contributed by atoms with E-state index in [0.29, 0.717) is 18.2 Å². The Morgan fingerprint density at radius 3 is 2.73 bits per heavy atom. The molecule has 1 aliphatic rings. The van der Waals surface area contributed by atoms with Crippen LogP contribution in [-0.4, -0.2) is 26.7 Å². The quantitative estimate of drug-likeness (QED) is 0.921. The van der Waals surface area contributed by atoms with Gasteiger partial charge in [0.05, 0.1) is 18.9 Å². The molecule has 0 amide bonds. The lowest BCUT2D eigenvalue weighted by atomic mass is 9.86. The van der Waals surface area contributed by atoms with Gasteiger partial charge in [0.1, 0.15) is 17.1 Å². The molecule has 0 unspecified atom stereocenters. The van der Waals surface area contributed by atoms with E-state index in [-0.39, 0.29) is 6.61 Å². The van der Waals surface area contributed by atoms with Crippen LogP contribution in [-0.2, 0) is 6.61 Å². The Morgan fingerprint density at radius 2 is 2.00 bits per heavy atom. The monoisotopic (exact) mass is 301 g/mol. The van der Waals surface area contributed by atoms with Crippen LogP contribution in [0.15, 0.2) is 24.3 Å². The first-order valence-electron chi connectivity index (χ1n) is 8.12. The molecule has 1 heterocycles. The largest absolute Gasteiger partial charge is 0.492 e. The summed E-state index contributed by atoms with van der Waals surface area (Å²) >= 11 is 0. The van der Waals surface area contributed by atoms with E-state index in [0.717, 1.165) is 30.0 Å². The van der Waals surface area contributed by atoms with Gasteiger partial charge in [-0.05, 0) is 31.9 Å². The Bertz CT molecular complexity index is 618. The van der Waals surface area contributed by atoms with E-state index in [4.69, 9.17) is 4.74 Å². The summed E-state index contributed by atoms with van der Waals surface area (Å²) in [6.45, 7) is 2.51. The summed E-state index contributed by atoms with van der Waals surface area (Å²) in [6.07, 6.45) is 6.03. The van der Waals surface area contributed by atoms with Crippen molar-refractivity contribution in [3.05, 3.63) is 35.7 Å². The minimum absolute atomic E-state index is 0.0668. The summed E-state index contributed by atoms with van der Waals surface area (Å²) in [7, 11) is 0. The molecule has 1 aliphatic carbocycles. The molecule has 1 saturated carbocycles. The number of ether oxygens (including phenoxy) is 1. The van der Waals surface area contributed by atoms with E-state index in [2.05, 4.69) is 10.3 Å². The number of hydrogen-bond donors (Lipinski definition) is 1. The molecule has 0 aliphatic heterocycles. The number of aliphatic hydroxyl groups excluding tert-OH is 1. The summed E-state index contributed by atoms with van der Waals surface area (Å²) in [5, 5.41) is 18.1. The highest BCUT2D eigenvalue weighted by Crippen LogP contribution is 2.36. The zero-order valence-electron chi connectivity index (χ0n) is 13.0. The standard InChI is InChI=1S/C17H23N3O2/c1-2-22-16-11-7-6-10-15(16)20-17(14(12-21)18-19-20)13-8-4-3-5-9-13/h6-7,10-11,13,21H,2-5,8-9,12H2,1H3. The lowest BCUT2D eigenvalue weighted by Crippen LogP contribution is -2.13. The van der Waals surface area contributed by atoms with Gasteiger partial charge in [-0.15, -0.1) is 5.10 Å². The first kappa shape index (κ1) is 15.0. The van der Waals surface area contributed by atoms with Crippen molar-refractivity contribution in [3.63, 3.8) is 0 Å². The molecular weight excluding hydrogens is 278 g/mol. The average Bonchev–Trinajstić information content (AvgIpc) is 3.00. The molecule has 3 rings (SSSR count). The van der Waals surface area contributed by atoms with Crippen molar-refractivity contribution in [1.29, 1.82) is 0 Å². The molecule has 1 aromatic carbocycles. The van der Waals surface area contributed by atoms with Crippen LogP contribution in [0, 0.1) is 0 Å². The van der Waals surface area contributed by atoms with Gasteiger partial charge < -0.3 is 9.84 Å². The van der Waals surface area contributed by atoms with Crippen LogP contribution >= 0.6 is 0 Å². The number of nitrogens with zero attached hydrogens (tertiary/aromatic N) is 3. The van der Waals surface area contributed by atoms with E-state index >= 15 is 0 Å². The van der Waals surface area contributed by atoms with Crippen LogP contribution in [0.25, 0.3) is 5.69 Å². The number of rotatable bonds is 5. The van der Waals surface area contributed by atoms with Gasteiger partial charge in [-0.1, -0.05) is 36.6 Å². The van der Waals surface area contributed by atoms with Crippen molar-refractivity contribution < 1.29 is 9.84 Å². The highest BCUT2D eigenvalue weighted by atomic mass is 16.5. The second-order valence-electron chi connectivity index (χ2n) is 5.73. The fraction of sp³-hybridized carbons (Fsp3) is 0.529. The predicted molar refractivity (Wildman–Crippen MR) is 84.3 cm³/mol. The van der Waals surface area contributed by atoms with Gasteiger partial charge in [-0.25, -0.2) is 4.68 Å². The van der Waals surface area contributed by atoms with Gasteiger partial charge >= 0.3 is 0 Å². The maximum Gasteiger partial charge on any atom is 0.145 e. The highest BCUT2D eigenvalue weighted by Gasteiger charge is 2.25. The molecule has 1 aromatic heterocycles. The van der Waals surface area contributed by atoms with E-state index in [1.54, 1.807) is 0 Å². The van der Waals surface area contributed by atoms with Crippen molar-refractivity contribution in [3.8, 4) is 11.4 Å². The van der Waals surface area contributed by atoms with Gasteiger partial charge in [0.25, 0.3) is 0 Å². The lowest BCUT2D eigenvalue weighted by Gasteiger charge is -2.23. The molecule has 0 bridgehead atoms. The van der Waals surface area contributed by atoms with Crippen molar-refractivity contribution in [2.75, 3.05) is 6.61 Å². The molecule has 0 saturated heterocycles. The maximum absolute atomic E-state index is 9.63. The van der Waals surface area contributed by atoms with Gasteiger partial charge in [0.2, 0.25) is 0 Å². The molecular formula is C17H23N3O2. The molecule has 0 spiro atoms. The van der Waals surface area contributed by atoms with Crippen molar-refractivity contribution >= 4 is 0 Å². The summed E-state index contributed by atoms with van der Waals surface area (Å²) in [5.41, 5.74) is 2.64. The number of para-hydroxylation sites is 2. The number of benzene rings is 1. The SMILES string of the molecule is CCOc1ccccc1-n1nnc(CO)c1C1CCCCC1. The first-order chi connectivity index (χ1) is 10.8. The third kappa shape index (κ3) is 2.86. The third-order valence-corrected chi connectivity index (χ3v) is 4.31. The van der Waals surface area contributed by atoms with E-state index < -0.39 is 0 Å². The predicted octanol–water partition coefficient (Wildman–Crippen LogP) is 3.21. The Labute approximate surface area is 130 Å². The molecule has 1 fully saturated rings. The molecule has 0 atom stereocenters. The smallest absolute Gasteiger partial charge is 0.145 e. The van der Waals surface area contributed by atoms with Crippen LogP contribution < -0.4 is 4.74 Å². The summed E-state index contributed by atoms with van der Waals surface area (Å²) in [6, 6.07) is 7.87. The second-order valence-corrected chi connectivity index (χ2v) is 5.73. The second kappa shape index (κ2) is 6.92. The van der Waals surface area contributed by atoms with E-state index in [9.17, 15) is 5.11 Å². The molecule has 5 nitrogen and oxygen atoms in total. The number of aliphatic hydroxyl groups is 1. The van der Waals surface area contributed by atoms with Crippen molar-refractivity contribution in [2.24, 2.45) is 0 Å². The Hall–Kier alpha value is -1.88. The minimum Gasteiger partial charge on any atom is -0.492 e. The van der Waals surface area contributed by atoms with Crippen molar-refractivity contribution in [1.82, 2.24) is 15.0 Å². The zero-order chi connectivity index (χ0) is 15.4. The Morgan fingerprint density at radius 1 is 1.23 bits per heavy atom. The molecule has 118 valence electrons. The van der Waals surface area contributed by atoms with Gasteiger partial charge in [0, 0.05) is 5.92 Å². The summed E-state index contributed by atoms with van der Waals surface area (Å²) in [5.74, 6) is 1.22. The van der Waals surface area contributed by atoms with Crippen LogP contribution in [0.5, 0.6) is 5.75 Å².